The Morgan fingerprint density at radius 1 is 0.960 bits per heavy atom. The Kier molecular flexibility index (Phi) is 5.56. The van der Waals surface area contributed by atoms with Crippen molar-refractivity contribution in [2.45, 2.75) is 20.1 Å². The fourth-order valence-electron chi connectivity index (χ4n) is 2.52. The van der Waals surface area contributed by atoms with Crippen LogP contribution < -0.4 is 10.1 Å². The van der Waals surface area contributed by atoms with Crippen molar-refractivity contribution in [1.29, 1.82) is 0 Å². The first-order valence-corrected chi connectivity index (χ1v) is 8.44. The van der Waals surface area contributed by atoms with E-state index in [0.717, 1.165) is 22.6 Å². The Bertz CT molecular complexity index is 866. The highest BCUT2D eigenvalue weighted by atomic mass is 35.5. The number of benzene rings is 3. The van der Waals surface area contributed by atoms with Crippen molar-refractivity contribution in [3.8, 4) is 5.75 Å². The van der Waals surface area contributed by atoms with Crippen molar-refractivity contribution in [3.63, 3.8) is 0 Å². The number of hydrogen-bond donors (Lipinski definition) is 1. The van der Waals surface area contributed by atoms with E-state index in [1.165, 1.54) is 11.6 Å². The zero-order valence-electron chi connectivity index (χ0n) is 13.9. The van der Waals surface area contributed by atoms with E-state index in [1.54, 1.807) is 12.1 Å². The molecular weight excluding hydrogens is 337 g/mol. The fraction of sp³-hybridized carbons (Fsp3) is 0.143. The van der Waals surface area contributed by atoms with Crippen molar-refractivity contribution in [1.82, 2.24) is 0 Å². The fourth-order valence-corrected chi connectivity index (χ4v) is 2.70. The minimum Gasteiger partial charge on any atom is -0.489 e. The number of halogens is 2. The monoisotopic (exact) mass is 355 g/mol. The summed E-state index contributed by atoms with van der Waals surface area (Å²) < 4.78 is 19.1. The van der Waals surface area contributed by atoms with Crippen molar-refractivity contribution < 1.29 is 9.13 Å². The molecule has 0 heterocycles. The zero-order valence-corrected chi connectivity index (χ0v) is 14.7. The summed E-state index contributed by atoms with van der Waals surface area (Å²) in [7, 11) is 0. The number of rotatable bonds is 6. The normalized spacial score (nSPS) is 10.5. The maximum absolute atomic E-state index is 13.2. The standard InChI is InChI=1S/C21H19ClFNO/c1-15-4-2-6-17(10-15)14-25-19-7-3-5-16(11-19)13-24-18-8-9-21(23)20(22)12-18/h2-12,24H,13-14H2,1H3. The molecule has 0 amide bonds. The molecule has 0 aliphatic rings. The first-order chi connectivity index (χ1) is 12.1. The number of ether oxygens (including phenoxy) is 1. The van der Waals surface area contributed by atoms with Crippen LogP contribution in [0.25, 0.3) is 0 Å². The van der Waals surface area contributed by atoms with Gasteiger partial charge in [0.15, 0.2) is 0 Å². The Balaban J connectivity index is 1.60. The van der Waals surface area contributed by atoms with Crippen LogP contribution in [0.3, 0.4) is 0 Å². The van der Waals surface area contributed by atoms with E-state index in [2.05, 4.69) is 30.4 Å². The topological polar surface area (TPSA) is 21.3 Å². The summed E-state index contributed by atoms with van der Waals surface area (Å²) in [5, 5.41) is 3.34. The third-order valence-corrected chi connectivity index (χ3v) is 4.09. The zero-order chi connectivity index (χ0) is 17.6. The molecule has 25 heavy (non-hydrogen) atoms. The molecule has 4 heteroatoms. The van der Waals surface area contributed by atoms with Crippen LogP contribution in [-0.4, -0.2) is 0 Å². The number of nitrogens with one attached hydrogen (secondary N) is 1. The summed E-state index contributed by atoms with van der Waals surface area (Å²) in [6.45, 7) is 3.20. The minimum absolute atomic E-state index is 0.111. The van der Waals surface area contributed by atoms with Crippen LogP contribution >= 0.6 is 11.6 Å². The Morgan fingerprint density at radius 2 is 1.76 bits per heavy atom. The van der Waals surface area contributed by atoms with Gasteiger partial charge < -0.3 is 10.1 Å². The van der Waals surface area contributed by atoms with Gasteiger partial charge in [-0.05, 0) is 48.4 Å². The summed E-state index contributed by atoms with van der Waals surface area (Å²) in [6.07, 6.45) is 0. The van der Waals surface area contributed by atoms with E-state index in [1.807, 2.05) is 30.3 Å². The first-order valence-electron chi connectivity index (χ1n) is 8.06. The lowest BCUT2D eigenvalue weighted by molar-refractivity contribution is 0.306. The largest absolute Gasteiger partial charge is 0.489 e. The molecule has 0 aliphatic heterocycles. The second-order valence-corrected chi connectivity index (χ2v) is 6.31. The molecule has 2 nitrogen and oxygen atoms in total. The maximum Gasteiger partial charge on any atom is 0.141 e. The molecule has 0 radical (unpaired) electrons. The lowest BCUT2D eigenvalue weighted by atomic mass is 10.1. The van der Waals surface area contributed by atoms with Crippen LogP contribution in [0.1, 0.15) is 16.7 Å². The molecule has 0 spiro atoms. The van der Waals surface area contributed by atoms with Crippen molar-refractivity contribution in [2.75, 3.05) is 5.32 Å². The van der Waals surface area contributed by atoms with Crippen molar-refractivity contribution >= 4 is 17.3 Å². The molecule has 0 saturated heterocycles. The molecule has 0 atom stereocenters. The van der Waals surface area contributed by atoms with Gasteiger partial charge in [0, 0.05) is 12.2 Å². The molecule has 0 bridgehead atoms. The second-order valence-electron chi connectivity index (χ2n) is 5.91. The smallest absolute Gasteiger partial charge is 0.141 e. The molecule has 1 N–H and O–H groups in total. The molecule has 3 aromatic rings. The van der Waals surface area contributed by atoms with E-state index in [9.17, 15) is 4.39 Å². The molecule has 3 rings (SSSR count). The summed E-state index contributed by atoms with van der Waals surface area (Å²) in [5.74, 6) is 0.400. The van der Waals surface area contributed by atoms with Gasteiger partial charge in [-0.15, -0.1) is 0 Å². The quantitative estimate of drug-likeness (QED) is 0.587. The Morgan fingerprint density at radius 3 is 2.56 bits per heavy atom. The van der Waals surface area contributed by atoms with E-state index in [-0.39, 0.29) is 5.02 Å². The molecule has 3 aromatic carbocycles. The molecule has 0 aliphatic carbocycles. The second kappa shape index (κ2) is 8.04. The Hall–Kier alpha value is -2.52. The average molecular weight is 356 g/mol. The van der Waals surface area contributed by atoms with Crippen molar-refractivity contribution in [2.24, 2.45) is 0 Å². The van der Waals surface area contributed by atoms with Gasteiger partial charge >= 0.3 is 0 Å². The first kappa shape index (κ1) is 17.3. The summed E-state index contributed by atoms with van der Waals surface area (Å²) in [5.41, 5.74) is 4.21. The van der Waals surface area contributed by atoms with Crippen LogP contribution in [0.5, 0.6) is 5.75 Å². The van der Waals surface area contributed by atoms with E-state index in [0.29, 0.717) is 13.2 Å². The molecule has 0 fully saturated rings. The maximum atomic E-state index is 13.2. The van der Waals surface area contributed by atoms with Gasteiger partial charge in [-0.2, -0.15) is 0 Å². The highest BCUT2D eigenvalue weighted by Gasteiger charge is 2.02. The predicted molar refractivity (Wildman–Crippen MR) is 101 cm³/mol. The van der Waals surface area contributed by atoms with Gasteiger partial charge in [-0.1, -0.05) is 53.6 Å². The molecule has 0 unspecified atom stereocenters. The third-order valence-electron chi connectivity index (χ3n) is 3.80. The van der Waals surface area contributed by atoms with Gasteiger partial charge in [0.1, 0.15) is 18.2 Å². The average Bonchev–Trinajstić information content (AvgIpc) is 2.61. The number of hydrogen-bond acceptors (Lipinski definition) is 2. The van der Waals surface area contributed by atoms with Gasteiger partial charge in [-0.3, -0.25) is 0 Å². The predicted octanol–water partition coefficient (Wildman–Crippen LogP) is 5.98. The van der Waals surface area contributed by atoms with Gasteiger partial charge in [0.25, 0.3) is 0 Å². The number of aryl methyl sites for hydroxylation is 1. The van der Waals surface area contributed by atoms with Crippen LogP contribution in [-0.2, 0) is 13.2 Å². The third kappa shape index (κ3) is 4.97. The molecule has 0 aromatic heterocycles. The van der Waals surface area contributed by atoms with Crippen LogP contribution in [0.15, 0.2) is 66.7 Å². The van der Waals surface area contributed by atoms with E-state index >= 15 is 0 Å². The van der Waals surface area contributed by atoms with Gasteiger partial charge in [0.2, 0.25) is 0 Å². The minimum atomic E-state index is -0.418. The van der Waals surface area contributed by atoms with E-state index < -0.39 is 5.82 Å². The summed E-state index contributed by atoms with van der Waals surface area (Å²) >= 11 is 5.80. The molecular formula is C21H19ClFNO. The van der Waals surface area contributed by atoms with Crippen LogP contribution in [0, 0.1) is 12.7 Å². The van der Waals surface area contributed by atoms with Gasteiger partial charge in [-0.25, -0.2) is 4.39 Å². The van der Waals surface area contributed by atoms with Crippen molar-refractivity contribution in [3.05, 3.63) is 94.3 Å². The van der Waals surface area contributed by atoms with E-state index in [4.69, 9.17) is 16.3 Å². The van der Waals surface area contributed by atoms with Crippen LogP contribution in [0.2, 0.25) is 5.02 Å². The molecule has 128 valence electrons. The Labute approximate surface area is 152 Å². The molecule has 0 saturated carbocycles. The SMILES string of the molecule is Cc1cccc(COc2cccc(CNc3ccc(F)c(Cl)c3)c2)c1. The lowest BCUT2D eigenvalue weighted by Crippen LogP contribution is -2.01. The van der Waals surface area contributed by atoms with Crippen LogP contribution in [0.4, 0.5) is 10.1 Å². The highest BCUT2D eigenvalue weighted by molar-refractivity contribution is 6.31. The van der Waals surface area contributed by atoms with Gasteiger partial charge in [0.05, 0.1) is 5.02 Å². The summed E-state index contributed by atoms with van der Waals surface area (Å²) in [6, 6.07) is 20.8. The highest BCUT2D eigenvalue weighted by Crippen LogP contribution is 2.21. The summed E-state index contributed by atoms with van der Waals surface area (Å²) in [4.78, 5) is 0. The lowest BCUT2D eigenvalue weighted by Gasteiger charge is -2.10. The number of anilines is 1.